The van der Waals surface area contributed by atoms with E-state index in [-0.39, 0.29) is 5.92 Å². The molecule has 2 aromatic heterocycles. The average molecular weight is 340 g/mol. The number of hydrogen-bond donors (Lipinski definition) is 1. The number of aryl methyl sites for hydroxylation is 1. The summed E-state index contributed by atoms with van der Waals surface area (Å²) in [7, 11) is 3.72. The highest BCUT2D eigenvalue weighted by Gasteiger charge is 2.35. The van der Waals surface area contributed by atoms with Gasteiger partial charge in [0.2, 0.25) is 5.95 Å². The Hall–Kier alpha value is -2.32. The van der Waals surface area contributed by atoms with Crippen molar-refractivity contribution in [3.05, 3.63) is 30.0 Å². The van der Waals surface area contributed by atoms with Crippen molar-refractivity contribution in [3.8, 4) is 0 Å². The van der Waals surface area contributed by atoms with Crippen LogP contribution in [0.2, 0.25) is 0 Å². The summed E-state index contributed by atoms with van der Waals surface area (Å²) >= 11 is 0. The molecule has 3 heterocycles. The Balaban J connectivity index is 1.62. The van der Waals surface area contributed by atoms with E-state index in [4.69, 9.17) is 0 Å². The fourth-order valence-electron chi connectivity index (χ4n) is 2.73. The van der Waals surface area contributed by atoms with Crippen LogP contribution in [0.4, 0.5) is 24.9 Å². The molecule has 130 valence electrons. The normalized spacial score (nSPS) is 17.5. The quantitative estimate of drug-likeness (QED) is 0.926. The Bertz CT molecular complexity index is 709. The van der Waals surface area contributed by atoms with Gasteiger partial charge in [0, 0.05) is 46.0 Å². The fourth-order valence-corrected chi connectivity index (χ4v) is 2.73. The summed E-state index contributed by atoms with van der Waals surface area (Å²) in [6.07, 6.45) is -0.255. The fraction of sp³-hybridized carbons (Fsp3) is 0.533. The molecule has 0 amide bonds. The maximum atomic E-state index is 12.7. The van der Waals surface area contributed by atoms with Gasteiger partial charge in [0.1, 0.15) is 11.6 Å². The molecule has 0 saturated carbocycles. The van der Waals surface area contributed by atoms with Gasteiger partial charge in [-0.1, -0.05) is 0 Å². The zero-order chi connectivity index (χ0) is 17.3. The molecule has 3 rings (SSSR count). The summed E-state index contributed by atoms with van der Waals surface area (Å²) in [6.45, 7) is 1.17. The van der Waals surface area contributed by atoms with Crippen molar-refractivity contribution in [1.29, 1.82) is 0 Å². The summed E-state index contributed by atoms with van der Waals surface area (Å²) in [5.74, 6) is 2.05. The lowest BCUT2D eigenvalue weighted by Crippen LogP contribution is -2.26. The number of rotatable bonds is 4. The maximum absolute atomic E-state index is 12.7. The van der Waals surface area contributed by atoms with Crippen LogP contribution in [0.3, 0.4) is 0 Å². The van der Waals surface area contributed by atoms with Crippen LogP contribution in [0.15, 0.2) is 18.5 Å². The number of anilines is 2. The molecule has 0 fully saturated rings. The molecule has 1 aliphatic rings. The van der Waals surface area contributed by atoms with Crippen molar-refractivity contribution in [1.82, 2.24) is 19.5 Å². The largest absolute Gasteiger partial charge is 0.434 e. The molecule has 1 unspecified atom stereocenters. The minimum atomic E-state index is -4.39. The highest BCUT2D eigenvalue weighted by molar-refractivity contribution is 5.40. The van der Waals surface area contributed by atoms with Gasteiger partial charge in [-0.2, -0.15) is 18.2 Å². The maximum Gasteiger partial charge on any atom is 0.434 e. The molecule has 24 heavy (non-hydrogen) atoms. The van der Waals surface area contributed by atoms with Gasteiger partial charge in [0.05, 0.1) is 0 Å². The highest BCUT2D eigenvalue weighted by Crippen LogP contribution is 2.30. The molecule has 0 spiro atoms. The Kier molecular flexibility index (Phi) is 4.33. The van der Waals surface area contributed by atoms with Gasteiger partial charge in [-0.3, -0.25) is 0 Å². The lowest BCUT2D eigenvalue weighted by Gasteiger charge is -2.24. The Morgan fingerprint density at radius 3 is 2.83 bits per heavy atom. The van der Waals surface area contributed by atoms with Gasteiger partial charge in [-0.05, 0) is 18.4 Å². The molecule has 0 radical (unpaired) electrons. The molecule has 1 N–H and O–H groups in total. The number of imidazole rings is 1. The smallest absolute Gasteiger partial charge is 0.370 e. The molecule has 2 aromatic rings. The van der Waals surface area contributed by atoms with Gasteiger partial charge in [0.15, 0.2) is 5.69 Å². The summed E-state index contributed by atoms with van der Waals surface area (Å²) in [6, 6.07) is 1.78. The first-order valence-electron chi connectivity index (χ1n) is 7.70. The van der Waals surface area contributed by atoms with Gasteiger partial charge in [0.25, 0.3) is 0 Å². The van der Waals surface area contributed by atoms with Crippen molar-refractivity contribution in [2.24, 2.45) is 5.92 Å². The molecule has 6 nitrogen and oxygen atoms in total. The van der Waals surface area contributed by atoms with Crippen molar-refractivity contribution in [2.45, 2.75) is 25.6 Å². The first-order valence-corrected chi connectivity index (χ1v) is 7.70. The SMILES string of the molecule is CN(C)c1nccc(NCC2CCc3nc(C(F)(F)F)cn3C2)n1. The summed E-state index contributed by atoms with van der Waals surface area (Å²) in [5, 5.41) is 3.24. The van der Waals surface area contributed by atoms with Crippen molar-refractivity contribution in [2.75, 3.05) is 30.9 Å². The zero-order valence-corrected chi connectivity index (χ0v) is 13.5. The van der Waals surface area contributed by atoms with Crippen LogP contribution in [-0.4, -0.2) is 40.2 Å². The molecular weight excluding hydrogens is 321 g/mol. The number of aromatic nitrogens is 4. The zero-order valence-electron chi connectivity index (χ0n) is 13.5. The first kappa shape index (κ1) is 16.5. The minimum absolute atomic E-state index is 0.227. The lowest BCUT2D eigenvalue weighted by molar-refractivity contribution is -0.141. The third-order valence-corrected chi connectivity index (χ3v) is 4.00. The van der Waals surface area contributed by atoms with Gasteiger partial charge >= 0.3 is 6.18 Å². The van der Waals surface area contributed by atoms with E-state index >= 15 is 0 Å². The van der Waals surface area contributed by atoms with Gasteiger partial charge in [-0.15, -0.1) is 0 Å². The summed E-state index contributed by atoms with van der Waals surface area (Å²) in [4.78, 5) is 14.0. The number of halogens is 3. The second kappa shape index (κ2) is 6.29. The van der Waals surface area contributed by atoms with E-state index in [0.29, 0.717) is 37.1 Å². The van der Waals surface area contributed by atoms with Crippen LogP contribution in [0.1, 0.15) is 17.9 Å². The van der Waals surface area contributed by atoms with Crippen LogP contribution >= 0.6 is 0 Å². The van der Waals surface area contributed by atoms with Gasteiger partial charge in [-0.25, -0.2) is 9.97 Å². The Labute approximate surface area is 137 Å². The molecule has 0 saturated heterocycles. The third kappa shape index (κ3) is 3.60. The predicted octanol–water partition coefficient (Wildman–Crippen LogP) is 2.43. The molecule has 0 aliphatic carbocycles. The van der Waals surface area contributed by atoms with Crippen LogP contribution in [-0.2, 0) is 19.1 Å². The van der Waals surface area contributed by atoms with E-state index in [2.05, 4.69) is 20.3 Å². The summed E-state index contributed by atoms with van der Waals surface area (Å²) < 4.78 is 39.8. The number of hydrogen-bond acceptors (Lipinski definition) is 5. The highest BCUT2D eigenvalue weighted by atomic mass is 19.4. The third-order valence-electron chi connectivity index (χ3n) is 4.00. The van der Waals surface area contributed by atoms with E-state index in [0.717, 1.165) is 12.6 Å². The molecule has 0 bridgehead atoms. The van der Waals surface area contributed by atoms with Crippen LogP contribution in [0.25, 0.3) is 0 Å². The molecule has 1 aliphatic heterocycles. The number of nitrogens with one attached hydrogen (secondary N) is 1. The number of alkyl halides is 3. The van der Waals surface area contributed by atoms with Gasteiger partial charge < -0.3 is 14.8 Å². The average Bonchev–Trinajstić information content (AvgIpc) is 2.96. The van der Waals surface area contributed by atoms with Crippen molar-refractivity contribution < 1.29 is 13.2 Å². The number of fused-ring (bicyclic) bond motifs is 1. The lowest BCUT2D eigenvalue weighted by atomic mass is 9.99. The second-order valence-corrected chi connectivity index (χ2v) is 6.11. The molecular formula is C15H19F3N6. The van der Waals surface area contributed by atoms with Crippen molar-refractivity contribution >= 4 is 11.8 Å². The molecule has 0 aromatic carbocycles. The van der Waals surface area contributed by atoms with Crippen LogP contribution in [0, 0.1) is 5.92 Å². The standard InChI is InChI=1S/C15H19F3N6/c1-23(2)14-19-6-5-12(22-14)20-7-10-3-4-13-21-11(15(16,17)18)9-24(13)8-10/h5-6,9-10H,3-4,7-8H2,1-2H3,(H,19,20,22). The Morgan fingerprint density at radius 2 is 2.12 bits per heavy atom. The van der Waals surface area contributed by atoms with E-state index < -0.39 is 11.9 Å². The number of nitrogens with zero attached hydrogens (tertiary/aromatic N) is 5. The van der Waals surface area contributed by atoms with Crippen LogP contribution in [0.5, 0.6) is 0 Å². The van der Waals surface area contributed by atoms with E-state index in [1.807, 2.05) is 19.0 Å². The van der Waals surface area contributed by atoms with E-state index in [1.165, 1.54) is 0 Å². The first-order chi connectivity index (χ1) is 11.3. The monoisotopic (exact) mass is 340 g/mol. The van der Waals surface area contributed by atoms with Crippen molar-refractivity contribution in [3.63, 3.8) is 0 Å². The second-order valence-electron chi connectivity index (χ2n) is 6.11. The predicted molar refractivity (Wildman–Crippen MR) is 83.9 cm³/mol. The Morgan fingerprint density at radius 1 is 1.33 bits per heavy atom. The topological polar surface area (TPSA) is 58.9 Å². The van der Waals surface area contributed by atoms with Crippen LogP contribution < -0.4 is 10.2 Å². The molecule has 1 atom stereocenters. The summed E-state index contributed by atoms with van der Waals surface area (Å²) in [5.41, 5.74) is -0.808. The molecule has 9 heteroatoms. The van der Waals surface area contributed by atoms with E-state index in [1.54, 1.807) is 16.8 Å². The minimum Gasteiger partial charge on any atom is -0.370 e. The van der Waals surface area contributed by atoms with E-state index in [9.17, 15) is 13.2 Å².